The Morgan fingerprint density at radius 3 is 2.13 bits per heavy atom. The van der Waals surface area contributed by atoms with E-state index in [9.17, 15) is 24.0 Å². The van der Waals surface area contributed by atoms with E-state index < -0.39 is 35.6 Å². The zero-order chi connectivity index (χ0) is 34.0. The summed E-state index contributed by atoms with van der Waals surface area (Å²) >= 11 is 0. The van der Waals surface area contributed by atoms with Crippen molar-refractivity contribution in [1.82, 2.24) is 26.3 Å². The third-order valence-corrected chi connectivity index (χ3v) is 7.64. The lowest BCUT2D eigenvalue weighted by molar-refractivity contribution is -0.132. The minimum atomic E-state index is -1.33. The maximum absolute atomic E-state index is 13.8. The van der Waals surface area contributed by atoms with Crippen LogP contribution in [0.2, 0.25) is 0 Å². The van der Waals surface area contributed by atoms with Gasteiger partial charge in [-0.3, -0.25) is 24.0 Å². The molecular weight excluding hydrogens is 594 g/mol. The van der Waals surface area contributed by atoms with E-state index in [1.807, 2.05) is 82.3 Å². The third-order valence-electron chi connectivity index (χ3n) is 7.64. The number of para-hydroxylation sites is 1. The van der Waals surface area contributed by atoms with E-state index in [1.54, 1.807) is 24.3 Å². The molecule has 4 amide bonds. The van der Waals surface area contributed by atoms with Crippen molar-refractivity contribution in [2.75, 3.05) is 6.54 Å². The van der Waals surface area contributed by atoms with Crippen LogP contribution in [0.3, 0.4) is 0 Å². The molecule has 4 rings (SSSR count). The summed E-state index contributed by atoms with van der Waals surface area (Å²) in [6.07, 6.45) is 2.42. The fourth-order valence-corrected chi connectivity index (χ4v) is 5.09. The summed E-state index contributed by atoms with van der Waals surface area (Å²) in [6.45, 7) is 7.69. The van der Waals surface area contributed by atoms with Crippen molar-refractivity contribution in [3.8, 4) is 0 Å². The van der Waals surface area contributed by atoms with Gasteiger partial charge in [-0.2, -0.15) is 0 Å². The number of nitrogens with one attached hydrogen (secondary N) is 5. The number of benzene rings is 3. The second kappa shape index (κ2) is 15.8. The molecule has 4 aromatic rings. The Morgan fingerprint density at radius 1 is 0.745 bits per heavy atom. The standard InChI is InChI=1S/C37H43N5O5/c1-24-14-16-26(17-15-24)21-40-34(45)30(19-18-25-10-6-5-7-11-25)41-35(46)31(23-39-32(43)20-37(2,3)4)42-36(47)33(44)28-22-38-29-13-9-8-12-27(28)29/h5-17,22,30-31,38H,18-21,23H2,1-4H3,(H,39,43)(H,40,45)(H,41,46)(H,42,47)/t30-,31-/m0/s1. The zero-order valence-electron chi connectivity index (χ0n) is 27.3. The van der Waals surface area contributed by atoms with Gasteiger partial charge in [0.1, 0.15) is 12.1 Å². The first-order valence-electron chi connectivity index (χ1n) is 15.7. The first-order chi connectivity index (χ1) is 22.4. The lowest BCUT2D eigenvalue weighted by atomic mass is 9.92. The maximum atomic E-state index is 13.8. The van der Waals surface area contributed by atoms with Crippen LogP contribution < -0.4 is 21.3 Å². The molecule has 1 heterocycles. The number of carbonyl (C=O) groups is 5. The number of Topliss-reactive ketones (excluding diaryl/α,β-unsaturated/α-hetero) is 1. The SMILES string of the molecule is Cc1ccc(CNC(=O)[C@H](CCc2ccccc2)NC(=O)[C@H](CNC(=O)CC(C)(C)C)NC(=O)C(=O)c2c[nH]c3ccccc23)cc1. The summed E-state index contributed by atoms with van der Waals surface area (Å²) in [6, 6.07) is 22.1. The van der Waals surface area contributed by atoms with E-state index >= 15 is 0 Å². The van der Waals surface area contributed by atoms with E-state index in [-0.39, 0.29) is 42.8 Å². The van der Waals surface area contributed by atoms with Gasteiger partial charge in [-0.15, -0.1) is 0 Å². The van der Waals surface area contributed by atoms with E-state index in [0.29, 0.717) is 17.3 Å². The number of ketones is 1. The summed E-state index contributed by atoms with van der Waals surface area (Å²) in [5, 5.41) is 11.5. The summed E-state index contributed by atoms with van der Waals surface area (Å²) in [7, 11) is 0. The van der Waals surface area contributed by atoms with Crippen LogP contribution in [-0.2, 0) is 32.1 Å². The van der Waals surface area contributed by atoms with Crippen molar-refractivity contribution >= 4 is 40.3 Å². The number of aryl methyl sites for hydroxylation is 2. The van der Waals surface area contributed by atoms with Crippen LogP contribution in [-0.4, -0.2) is 53.0 Å². The van der Waals surface area contributed by atoms with Crippen molar-refractivity contribution < 1.29 is 24.0 Å². The highest BCUT2D eigenvalue weighted by atomic mass is 16.2. The molecule has 0 radical (unpaired) electrons. The predicted molar refractivity (Wildman–Crippen MR) is 181 cm³/mol. The first kappa shape index (κ1) is 34.6. The van der Waals surface area contributed by atoms with Crippen LogP contribution in [0, 0.1) is 12.3 Å². The first-order valence-corrected chi connectivity index (χ1v) is 15.7. The van der Waals surface area contributed by atoms with Crippen LogP contribution in [0.1, 0.15) is 60.7 Å². The Bertz CT molecular complexity index is 1710. The second-order valence-electron chi connectivity index (χ2n) is 12.9. The van der Waals surface area contributed by atoms with E-state index in [1.165, 1.54) is 6.20 Å². The Balaban J connectivity index is 1.52. The molecule has 47 heavy (non-hydrogen) atoms. The zero-order valence-corrected chi connectivity index (χ0v) is 27.3. The van der Waals surface area contributed by atoms with E-state index in [2.05, 4.69) is 26.3 Å². The van der Waals surface area contributed by atoms with Crippen LogP contribution in [0.25, 0.3) is 10.9 Å². The molecule has 1 aromatic heterocycles. The van der Waals surface area contributed by atoms with Crippen LogP contribution in [0.4, 0.5) is 0 Å². The highest BCUT2D eigenvalue weighted by molar-refractivity contribution is 6.45. The van der Waals surface area contributed by atoms with Crippen molar-refractivity contribution in [2.24, 2.45) is 5.41 Å². The fourth-order valence-electron chi connectivity index (χ4n) is 5.09. The number of aromatic amines is 1. The van der Waals surface area contributed by atoms with Gasteiger partial charge in [-0.25, -0.2) is 0 Å². The van der Waals surface area contributed by atoms with Crippen molar-refractivity contribution in [1.29, 1.82) is 0 Å². The number of hydrogen-bond acceptors (Lipinski definition) is 5. The molecule has 10 heteroatoms. The predicted octanol–water partition coefficient (Wildman–Crippen LogP) is 4.13. The molecule has 3 aromatic carbocycles. The van der Waals surface area contributed by atoms with Gasteiger partial charge in [0, 0.05) is 36.6 Å². The second-order valence-corrected chi connectivity index (χ2v) is 12.9. The number of aromatic nitrogens is 1. The summed E-state index contributed by atoms with van der Waals surface area (Å²) in [4.78, 5) is 69.3. The lowest BCUT2D eigenvalue weighted by Gasteiger charge is -2.24. The molecule has 0 fully saturated rings. The van der Waals surface area contributed by atoms with Gasteiger partial charge in [0.25, 0.3) is 11.7 Å². The van der Waals surface area contributed by atoms with Crippen LogP contribution in [0.15, 0.2) is 85.1 Å². The van der Waals surface area contributed by atoms with Crippen molar-refractivity contribution in [3.05, 3.63) is 107 Å². The molecule has 0 bridgehead atoms. The molecule has 10 nitrogen and oxygen atoms in total. The van der Waals surface area contributed by atoms with Gasteiger partial charge in [-0.1, -0.05) is 99.1 Å². The highest BCUT2D eigenvalue weighted by Crippen LogP contribution is 2.19. The Morgan fingerprint density at radius 2 is 1.43 bits per heavy atom. The summed E-state index contributed by atoms with van der Waals surface area (Å²) in [5.74, 6) is -3.26. The molecule has 0 unspecified atom stereocenters. The number of rotatable bonds is 14. The van der Waals surface area contributed by atoms with Gasteiger partial charge in [0.05, 0.1) is 5.56 Å². The van der Waals surface area contributed by atoms with E-state index in [4.69, 9.17) is 0 Å². The average molecular weight is 638 g/mol. The lowest BCUT2D eigenvalue weighted by Crippen LogP contribution is -2.57. The van der Waals surface area contributed by atoms with Gasteiger partial charge >= 0.3 is 0 Å². The van der Waals surface area contributed by atoms with Crippen LogP contribution in [0.5, 0.6) is 0 Å². The number of fused-ring (bicyclic) bond motifs is 1. The molecule has 0 spiro atoms. The van der Waals surface area contributed by atoms with Gasteiger partial charge in [0.2, 0.25) is 17.7 Å². The minimum Gasteiger partial charge on any atom is -0.360 e. The molecule has 0 aliphatic rings. The topological polar surface area (TPSA) is 149 Å². The number of amides is 4. The summed E-state index contributed by atoms with van der Waals surface area (Å²) in [5.41, 5.74) is 3.52. The monoisotopic (exact) mass is 637 g/mol. The smallest absolute Gasteiger partial charge is 0.293 e. The highest BCUT2D eigenvalue weighted by Gasteiger charge is 2.30. The Hall–Kier alpha value is -5.25. The van der Waals surface area contributed by atoms with Crippen LogP contribution >= 0.6 is 0 Å². The Labute approximate surface area is 275 Å². The molecule has 2 atom stereocenters. The molecular formula is C37H43N5O5. The normalized spacial score (nSPS) is 12.5. The molecule has 0 saturated heterocycles. The summed E-state index contributed by atoms with van der Waals surface area (Å²) < 4.78 is 0. The number of carbonyl (C=O) groups excluding carboxylic acids is 5. The van der Waals surface area contributed by atoms with Gasteiger partial charge < -0.3 is 26.3 Å². The largest absolute Gasteiger partial charge is 0.360 e. The molecule has 0 aliphatic heterocycles. The average Bonchev–Trinajstić information content (AvgIpc) is 3.48. The number of hydrogen-bond donors (Lipinski definition) is 5. The molecule has 0 saturated carbocycles. The quantitative estimate of drug-likeness (QED) is 0.104. The van der Waals surface area contributed by atoms with Gasteiger partial charge in [-0.05, 0) is 42.4 Å². The third kappa shape index (κ3) is 10.4. The fraction of sp³-hybridized carbons (Fsp3) is 0.324. The molecule has 0 aliphatic carbocycles. The van der Waals surface area contributed by atoms with Crippen molar-refractivity contribution in [3.63, 3.8) is 0 Å². The molecule has 5 N–H and O–H groups in total. The van der Waals surface area contributed by atoms with Crippen molar-refractivity contribution in [2.45, 2.75) is 65.6 Å². The number of H-pyrrole nitrogens is 1. The van der Waals surface area contributed by atoms with E-state index in [0.717, 1.165) is 16.7 Å². The van der Waals surface area contributed by atoms with Gasteiger partial charge in [0.15, 0.2) is 0 Å². The maximum Gasteiger partial charge on any atom is 0.293 e. The molecule has 246 valence electrons. The Kier molecular flexibility index (Phi) is 11.7. The minimum absolute atomic E-state index is 0.158.